The minimum Gasteiger partial charge on any atom is -0.341 e. The summed E-state index contributed by atoms with van der Waals surface area (Å²) in [7, 11) is 0. The van der Waals surface area contributed by atoms with Gasteiger partial charge in [-0.1, -0.05) is 42.1 Å². The molecule has 3 nitrogen and oxygen atoms in total. The molecule has 1 aromatic carbocycles. The molecule has 0 radical (unpaired) electrons. The van der Waals surface area contributed by atoms with Crippen molar-refractivity contribution < 1.29 is 4.79 Å². The molecule has 3 rings (SSSR count). The molecule has 1 aliphatic heterocycles. The van der Waals surface area contributed by atoms with Crippen LogP contribution in [0.3, 0.4) is 0 Å². The lowest BCUT2D eigenvalue weighted by Crippen LogP contribution is -2.31. The van der Waals surface area contributed by atoms with Crippen LogP contribution in [0.15, 0.2) is 52.1 Å². The number of rotatable bonds is 4. The zero-order valence-corrected chi connectivity index (χ0v) is 15.4. The van der Waals surface area contributed by atoms with Crippen LogP contribution in [0.2, 0.25) is 0 Å². The average molecular weight is 391 g/mol. The van der Waals surface area contributed by atoms with Crippen LogP contribution in [0.5, 0.6) is 0 Å². The first-order valence-electron chi connectivity index (χ1n) is 7.77. The lowest BCUT2D eigenvalue weighted by Gasteiger charge is -2.23. The van der Waals surface area contributed by atoms with Crippen molar-refractivity contribution in [2.24, 2.45) is 0 Å². The van der Waals surface area contributed by atoms with E-state index in [4.69, 9.17) is 0 Å². The van der Waals surface area contributed by atoms with Crippen LogP contribution in [0, 0.1) is 6.92 Å². The van der Waals surface area contributed by atoms with Gasteiger partial charge in [-0.3, -0.25) is 4.79 Å². The molecule has 1 unspecified atom stereocenters. The molecule has 0 saturated carbocycles. The predicted octanol–water partition coefficient (Wildman–Crippen LogP) is 4.61. The van der Waals surface area contributed by atoms with Gasteiger partial charge in [-0.15, -0.1) is 0 Å². The Morgan fingerprint density at radius 3 is 2.61 bits per heavy atom. The van der Waals surface area contributed by atoms with Crippen molar-refractivity contribution in [1.29, 1.82) is 0 Å². The molecule has 1 atom stereocenters. The number of halogens is 1. The minimum atomic E-state index is -0.235. The number of likely N-dealkylation sites (tertiary alicyclic amines) is 1. The quantitative estimate of drug-likeness (QED) is 0.714. The predicted molar refractivity (Wildman–Crippen MR) is 97.5 cm³/mol. The summed E-state index contributed by atoms with van der Waals surface area (Å²) < 4.78 is 0.960. The fraction of sp³-hybridized carbons (Fsp3) is 0.333. The maximum absolute atomic E-state index is 13.0. The third kappa shape index (κ3) is 3.96. The van der Waals surface area contributed by atoms with Gasteiger partial charge in [0.25, 0.3) is 0 Å². The summed E-state index contributed by atoms with van der Waals surface area (Å²) in [6.45, 7) is 3.77. The topological polar surface area (TPSA) is 33.2 Å². The molecule has 5 heteroatoms. The summed E-state index contributed by atoms with van der Waals surface area (Å²) in [6.07, 6.45) is 4.00. The number of hydrogen-bond acceptors (Lipinski definition) is 3. The van der Waals surface area contributed by atoms with Crippen LogP contribution < -0.4 is 0 Å². The number of pyridine rings is 1. The summed E-state index contributed by atoms with van der Waals surface area (Å²) in [5.41, 5.74) is 2.12. The normalized spacial score (nSPS) is 15.7. The largest absolute Gasteiger partial charge is 0.341 e. The number of amides is 1. The first-order chi connectivity index (χ1) is 11.1. The van der Waals surface area contributed by atoms with E-state index in [-0.39, 0.29) is 11.2 Å². The van der Waals surface area contributed by atoms with Gasteiger partial charge < -0.3 is 4.90 Å². The Hall–Kier alpha value is -1.33. The summed E-state index contributed by atoms with van der Waals surface area (Å²) in [5.74, 6) is 0.197. The van der Waals surface area contributed by atoms with E-state index in [0.717, 1.165) is 46.6 Å². The number of benzene rings is 1. The molecule has 2 heterocycles. The molecule has 120 valence electrons. The van der Waals surface area contributed by atoms with E-state index in [9.17, 15) is 4.79 Å². The molecule has 0 spiro atoms. The monoisotopic (exact) mass is 390 g/mol. The zero-order chi connectivity index (χ0) is 16.2. The zero-order valence-electron chi connectivity index (χ0n) is 13.0. The smallest absolute Gasteiger partial charge is 0.240 e. The summed E-state index contributed by atoms with van der Waals surface area (Å²) in [4.78, 5) is 19.5. The number of thioether (sulfide) groups is 1. The SMILES string of the molecule is Cc1cc(Br)cnc1SC(C(=O)N1CCCC1)c1ccccc1. The lowest BCUT2D eigenvalue weighted by molar-refractivity contribution is -0.129. The molecule has 0 N–H and O–H groups in total. The Morgan fingerprint density at radius 1 is 1.26 bits per heavy atom. The molecule has 1 aliphatic rings. The summed E-state index contributed by atoms with van der Waals surface area (Å²) >= 11 is 4.99. The van der Waals surface area contributed by atoms with Crippen LogP contribution in [0.25, 0.3) is 0 Å². The maximum Gasteiger partial charge on any atom is 0.240 e. The van der Waals surface area contributed by atoms with E-state index in [1.165, 1.54) is 0 Å². The van der Waals surface area contributed by atoms with E-state index in [1.807, 2.05) is 48.2 Å². The first-order valence-corrected chi connectivity index (χ1v) is 9.45. The molecule has 1 fully saturated rings. The number of carbonyl (C=O) groups excluding carboxylic acids is 1. The van der Waals surface area contributed by atoms with Crippen molar-refractivity contribution >= 4 is 33.6 Å². The van der Waals surface area contributed by atoms with Crippen molar-refractivity contribution in [2.75, 3.05) is 13.1 Å². The number of carbonyl (C=O) groups is 1. The summed E-state index contributed by atoms with van der Waals surface area (Å²) in [5, 5.41) is 0.677. The fourth-order valence-corrected chi connectivity index (χ4v) is 4.33. The molecular weight excluding hydrogens is 372 g/mol. The van der Waals surface area contributed by atoms with Gasteiger partial charge in [0.1, 0.15) is 10.3 Å². The number of hydrogen-bond donors (Lipinski definition) is 0. The van der Waals surface area contributed by atoms with Gasteiger partial charge >= 0.3 is 0 Å². The van der Waals surface area contributed by atoms with Gasteiger partial charge in [-0.25, -0.2) is 4.98 Å². The van der Waals surface area contributed by atoms with Crippen molar-refractivity contribution in [3.8, 4) is 0 Å². The first kappa shape index (κ1) is 16.5. The standard InChI is InChI=1S/C18H19BrN2OS/c1-13-11-15(19)12-20-17(13)23-16(14-7-3-2-4-8-14)18(22)21-9-5-6-10-21/h2-4,7-8,11-12,16H,5-6,9-10H2,1H3. The van der Waals surface area contributed by atoms with Crippen molar-refractivity contribution in [1.82, 2.24) is 9.88 Å². The molecule has 1 aromatic heterocycles. The number of aromatic nitrogens is 1. The molecule has 0 bridgehead atoms. The van der Waals surface area contributed by atoms with Crippen LogP contribution >= 0.6 is 27.7 Å². The second kappa shape index (κ2) is 7.49. The Labute approximate surface area is 149 Å². The second-order valence-electron chi connectivity index (χ2n) is 5.72. The highest BCUT2D eigenvalue weighted by Crippen LogP contribution is 2.38. The van der Waals surface area contributed by atoms with Crippen LogP contribution in [-0.2, 0) is 4.79 Å². The Morgan fingerprint density at radius 2 is 1.96 bits per heavy atom. The average Bonchev–Trinajstić information content (AvgIpc) is 3.09. The van der Waals surface area contributed by atoms with Gasteiger partial charge in [0.15, 0.2) is 0 Å². The Bertz CT molecular complexity index is 687. The third-order valence-corrected chi connectivity index (χ3v) is 5.76. The molecule has 2 aromatic rings. The molecular formula is C18H19BrN2OS. The van der Waals surface area contributed by atoms with Gasteiger partial charge in [0.2, 0.25) is 5.91 Å². The summed E-state index contributed by atoms with van der Waals surface area (Å²) in [6, 6.07) is 12.1. The van der Waals surface area contributed by atoms with Crippen LogP contribution in [0.1, 0.15) is 29.2 Å². The second-order valence-corrected chi connectivity index (χ2v) is 7.73. The Balaban J connectivity index is 1.90. The van der Waals surface area contributed by atoms with Crippen LogP contribution in [0.4, 0.5) is 0 Å². The fourth-order valence-electron chi connectivity index (χ4n) is 2.76. The van der Waals surface area contributed by atoms with Gasteiger partial charge in [0, 0.05) is 23.8 Å². The van der Waals surface area contributed by atoms with Gasteiger partial charge in [-0.05, 0) is 52.9 Å². The lowest BCUT2D eigenvalue weighted by atomic mass is 10.1. The number of aryl methyl sites for hydroxylation is 1. The van der Waals surface area contributed by atoms with Crippen molar-refractivity contribution in [3.05, 3.63) is 58.2 Å². The van der Waals surface area contributed by atoms with E-state index < -0.39 is 0 Å². The van der Waals surface area contributed by atoms with Crippen molar-refractivity contribution in [2.45, 2.75) is 30.0 Å². The van der Waals surface area contributed by atoms with E-state index in [0.29, 0.717) is 0 Å². The molecule has 1 saturated heterocycles. The highest BCUT2D eigenvalue weighted by atomic mass is 79.9. The van der Waals surface area contributed by atoms with E-state index in [1.54, 1.807) is 18.0 Å². The van der Waals surface area contributed by atoms with Gasteiger partial charge in [0.05, 0.1) is 0 Å². The highest BCUT2D eigenvalue weighted by Gasteiger charge is 2.29. The molecule has 1 amide bonds. The maximum atomic E-state index is 13.0. The van der Waals surface area contributed by atoms with Gasteiger partial charge in [-0.2, -0.15) is 0 Å². The Kier molecular flexibility index (Phi) is 5.38. The number of nitrogens with zero attached hydrogens (tertiary/aromatic N) is 2. The van der Waals surface area contributed by atoms with Crippen molar-refractivity contribution in [3.63, 3.8) is 0 Å². The molecule has 23 heavy (non-hydrogen) atoms. The van der Waals surface area contributed by atoms with Crippen LogP contribution in [-0.4, -0.2) is 28.9 Å². The minimum absolute atomic E-state index is 0.197. The third-order valence-electron chi connectivity index (χ3n) is 3.97. The molecule has 0 aliphatic carbocycles. The van der Waals surface area contributed by atoms with E-state index >= 15 is 0 Å². The highest BCUT2D eigenvalue weighted by molar-refractivity contribution is 9.10. The van der Waals surface area contributed by atoms with E-state index in [2.05, 4.69) is 20.9 Å².